The van der Waals surface area contributed by atoms with E-state index in [4.69, 9.17) is 4.74 Å². The van der Waals surface area contributed by atoms with Gasteiger partial charge in [-0.25, -0.2) is 9.80 Å². The predicted octanol–water partition coefficient (Wildman–Crippen LogP) is 4.49. The van der Waals surface area contributed by atoms with Gasteiger partial charge in [-0.2, -0.15) is 0 Å². The number of alkyl carbamates (subject to hydrolysis) is 1. The van der Waals surface area contributed by atoms with Crippen LogP contribution in [-0.4, -0.2) is 69.5 Å². The Labute approximate surface area is 299 Å². The second kappa shape index (κ2) is 16.3. The molecule has 51 heavy (non-hydrogen) atoms. The molecule has 0 aliphatic heterocycles. The molecule has 11 heteroatoms. The van der Waals surface area contributed by atoms with Crippen LogP contribution in [0, 0.1) is 5.41 Å². The highest BCUT2D eigenvalue weighted by Crippen LogP contribution is 2.32. The number of aliphatic hydroxyl groups is 2. The largest absolute Gasteiger partial charge is 0.453 e. The Balaban J connectivity index is 1.41. The van der Waals surface area contributed by atoms with E-state index in [1.54, 1.807) is 17.4 Å². The fourth-order valence-electron chi connectivity index (χ4n) is 6.36. The van der Waals surface area contributed by atoms with Gasteiger partial charge in [0.05, 0.1) is 19.3 Å². The van der Waals surface area contributed by atoms with Crippen molar-refractivity contribution >= 4 is 17.9 Å². The van der Waals surface area contributed by atoms with Crippen molar-refractivity contribution in [2.75, 3.05) is 13.7 Å². The van der Waals surface area contributed by atoms with Crippen LogP contribution in [0.2, 0.25) is 0 Å². The summed E-state index contributed by atoms with van der Waals surface area (Å²) in [6.07, 6.45) is 2.24. The minimum atomic E-state index is -1.92. The molecule has 0 unspecified atom stereocenters. The monoisotopic (exact) mass is 693 g/mol. The number of amides is 3. The first-order valence-electron chi connectivity index (χ1n) is 17.1. The van der Waals surface area contributed by atoms with E-state index >= 15 is 0 Å². The van der Waals surface area contributed by atoms with Crippen molar-refractivity contribution in [2.45, 2.75) is 70.4 Å². The number of nitrogens with zero attached hydrogens (tertiary/aromatic N) is 2. The van der Waals surface area contributed by atoms with Crippen molar-refractivity contribution in [3.8, 4) is 11.1 Å². The zero-order chi connectivity index (χ0) is 36.6. The highest BCUT2D eigenvalue weighted by atomic mass is 16.5. The van der Waals surface area contributed by atoms with Crippen molar-refractivity contribution in [1.29, 1.82) is 0 Å². The number of aliphatic hydroxyl groups excluding tert-OH is 1. The van der Waals surface area contributed by atoms with Gasteiger partial charge in [0, 0.05) is 44.7 Å². The van der Waals surface area contributed by atoms with Gasteiger partial charge in [0.1, 0.15) is 11.6 Å². The van der Waals surface area contributed by atoms with Crippen molar-refractivity contribution < 1.29 is 29.3 Å². The molecule has 1 heterocycles. The summed E-state index contributed by atoms with van der Waals surface area (Å²) in [5.41, 5.74) is 5.65. The normalized spacial score (nSPS) is 17.2. The SMILES string of the molecule is COC(=O)N[C@H](C(=O)NN(CC[C@](O)(Cc1ccccc1)C(=O)N[C@H]1c2ccccc2C[C@H]1O)Cc1ccc(-c2cccnc2)cc1)C(C)(C)C. The number of hydrogen-bond donors (Lipinski definition) is 5. The molecular formula is C40H47N5O6. The third-order valence-corrected chi connectivity index (χ3v) is 9.21. The molecule has 4 atom stereocenters. The minimum absolute atomic E-state index is 0.000240. The van der Waals surface area contributed by atoms with E-state index in [0.29, 0.717) is 6.42 Å². The maximum Gasteiger partial charge on any atom is 0.407 e. The lowest BCUT2D eigenvalue weighted by atomic mass is 9.86. The van der Waals surface area contributed by atoms with E-state index in [2.05, 4.69) is 21.0 Å². The fourth-order valence-corrected chi connectivity index (χ4v) is 6.36. The van der Waals surface area contributed by atoms with E-state index in [9.17, 15) is 24.6 Å². The van der Waals surface area contributed by atoms with Gasteiger partial charge in [-0.15, -0.1) is 0 Å². The minimum Gasteiger partial charge on any atom is -0.453 e. The number of hydrazine groups is 1. The number of pyridine rings is 1. The molecule has 0 fully saturated rings. The summed E-state index contributed by atoms with van der Waals surface area (Å²) in [6.45, 7) is 5.77. The van der Waals surface area contributed by atoms with Crippen molar-refractivity contribution in [3.63, 3.8) is 0 Å². The maximum atomic E-state index is 14.1. The summed E-state index contributed by atoms with van der Waals surface area (Å²) >= 11 is 0. The first-order valence-corrected chi connectivity index (χ1v) is 17.1. The Morgan fingerprint density at radius 2 is 1.63 bits per heavy atom. The van der Waals surface area contributed by atoms with Crippen LogP contribution < -0.4 is 16.1 Å². The molecule has 3 amide bonds. The molecule has 5 rings (SSSR count). The van der Waals surface area contributed by atoms with Crippen LogP contribution in [0.4, 0.5) is 4.79 Å². The molecule has 0 bridgehead atoms. The molecule has 11 nitrogen and oxygen atoms in total. The van der Waals surface area contributed by atoms with E-state index in [1.165, 1.54) is 7.11 Å². The fraction of sp³-hybridized carbons (Fsp3) is 0.350. The molecule has 268 valence electrons. The average molecular weight is 694 g/mol. The molecule has 4 aromatic rings. The zero-order valence-electron chi connectivity index (χ0n) is 29.5. The van der Waals surface area contributed by atoms with E-state index < -0.39 is 47.1 Å². The van der Waals surface area contributed by atoms with E-state index in [0.717, 1.165) is 33.4 Å². The number of fused-ring (bicyclic) bond motifs is 1. The van der Waals surface area contributed by atoms with Crippen LogP contribution in [0.1, 0.15) is 55.5 Å². The van der Waals surface area contributed by atoms with Crippen LogP contribution in [0.5, 0.6) is 0 Å². The second-order valence-corrected chi connectivity index (χ2v) is 14.1. The Morgan fingerprint density at radius 1 is 0.922 bits per heavy atom. The number of methoxy groups -OCH3 is 1. The quantitative estimate of drug-likeness (QED) is 0.129. The number of carbonyl (C=O) groups excluding carboxylic acids is 3. The van der Waals surface area contributed by atoms with Crippen molar-refractivity contribution in [2.24, 2.45) is 5.41 Å². The van der Waals surface area contributed by atoms with Crippen molar-refractivity contribution in [1.82, 2.24) is 26.1 Å². The highest BCUT2D eigenvalue weighted by Gasteiger charge is 2.41. The molecular weight excluding hydrogens is 646 g/mol. The number of ether oxygens (including phenoxy) is 1. The van der Waals surface area contributed by atoms with Gasteiger partial charge in [0.2, 0.25) is 0 Å². The van der Waals surface area contributed by atoms with Gasteiger partial charge in [-0.3, -0.25) is 20.0 Å². The van der Waals surface area contributed by atoms with Gasteiger partial charge < -0.3 is 25.6 Å². The Morgan fingerprint density at radius 3 is 2.29 bits per heavy atom. The molecule has 0 saturated carbocycles. The third-order valence-electron chi connectivity index (χ3n) is 9.21. The number of hydrogen-bond acceptors (Lipinski definition) is 8. The van der Waals surface area contributed by atoms with Gasteiger partial charge in [0.25, 0.3) is 11.8 Å². The summed E-state index contributed by atoms with van der Waals surface area (Å²) in [7, 11) is 1.23. The second-order valence-electron chi connectivity index (χ2n) is 14.1. The van der Waals surface area contributed by atoms with Gasteiger partial charge in [-0.1, -0.05) is 106 Å². The molecule has 1 aromatic heterocycles. The summed E-state index contributed by atoms with van der Waals surface area (Å²) in [5, 5.41) is 30.3. The van der Waals surface area contributed by atoms with E-state index in [-0.39, 0.29) is 25.9 Å². The lowest BCUT2D eigenvalue weighted by molar-refractivity contribution is -0.143. The molecule has 0 radical (unpaired) electrons. The number of carbonyl (C=O) groups is 3. The Hall–Kier alpha value is -5.10. The lowest BCUT2D eigenvalue weighted by Crippen LogP contribution is -2.58. The number of nitrogens with one attached hydrogen (secondary N) is 3. The number of benzene rings is 3. The number of aromatic nitrogens is 1. The Bertz CT molecular complexity index is 1780. The maximum absolute atomic E-state index is 14.1. The van der Waals surface area contributed by atoms with Crippen LogP contribution in [0.25, 0.3) is 11.1 Å². The average Bonchev–Trinajstić information content (AvgIpc) is 3.44. The summed E-state index contributed by atoms with van der Waals surface area (Å²) in [4.78, 5) is 44.3. The smallest absolute Gasteiger partial charge is 0.407 e. The Kier molecular flexibility index (Phi) is 11.9. The molecule has 3 aromatic carbocycles. The van der Waals surface area contributed by atoms with Crippen LogP contribution in [0.15, 0.2) is 103 Å². The van der Waals surface area contributed by atoms with Gasteiger partial charge >= 0.3 is 6.09 Å². The van der Waals surface area contributed by atoms with Gasteiger partial charge in [-0.05, 0) is 44.9 Å². The first kappa shape index (κ1) is 37.2. The number of rotatable bonds is 13. The summed E-state index contributed by atoms with van der Waals surface area (Å²) in [5.74, 6) is -1.11. The zero-order valence-corrected chi connectivity index (χ0v) is 29.5. The van der Waals surface area contributed by atoms with Gasteiger partial charge in [0.15, 0.2) is 0 Å². The molecule has 5 N–H and O–H groups in total. The van der Waals surface area contributed by atoms with Crippen LogP contribution in [-0.2, 0) is 33.7 Å². The summed E-state index contributed by atoms with van der Waals surface area (Å²) in [6, 6.07) is 26.8. The first-order chi connectivity index (χ1) is 24.4. The molecule has 1 aliphatic rings. The lowest BCUT2D eigenvalue weighted by Gasteiger charge is -2.35. The van der Waals surface area contributed by atoms with E-state index in [1.807, 2.05) is 112 Å². The highest BCUT2D eigenvalue weighted by molar-refractivity contribution is 5.87. The molecule has 0 saturated heterocycles. The third kappa shape index (κ3) is 9.57. The van der Waals surface area contributed by atoms with Crippen molar-refractivity contribution in [3.05, 3.63) is 126 Å². The molecule has 1 aliphatic carbocycles. The van der Waals surface area contributed by atoms with Crippen LogP contribution in [0.3, 0.4) is 0 Å². The standard InChI is InChI=1S/C40H47N5O6/c1-39(2,3)35(43-38(49)51-4)36(47)44-45(26-28-16-18-29(19-17-28)31-14-10-21-41-25-31)22-20-40(50,24-27-11-6-5-7-12-27)37(48)42-34-32-15-9-8-13-30(32)23-33(34)46/h5-19,21,25,33-35,46,50H,20,22-24,26H2,1-4H3,(H,42,48)(H,43,49)(H,44,47)/t33-,34+,35-,40+/m1/s1. The summed E-state index contributed by atoms with van der Waals surface area (Å²) < 4.78 is 4.79. The molecule has 0 spiro atoms. The predicted molar refractivity (Wildman–Crippen MR) is 194 cm³/mol. The topological polar surface area (TPSA) is 153 Å². The van der Waals surface area contributed by atoms with Crippen LogP contribution >= 0.6 is 0 Å².